The van der Waals surface area contributed by atoms with Crippen LogP contribution in [0, 0.1) is 0 Å². The van der Waals surface area contributed by atoms with E-state index in [4.69, 9.17) is 4.74 Å². The Morgan fingerprint density at radius 1 is 0.889 bits per heavy atom. The number of hydrogen-bond acceptors (Lipinski definition) is 4. The van der Waals surface area contributed by atoms with Crippen LogP contribution in [0.25, 0.3) is 0 Å². The second-order valence-corrected chi connectivity index (χ2v) is 8.11. The van der Waals surface area contributed by atoms with Gasteiger partial charge in [0.15, 0.2) is 0 Å². The Morgan fingerprint density at radius 2 is 1.56 bits per heavy atom. The van der Waals surface area contributed by atoms with Gasteiger partial charge in [0.05, 0.1) is 5.69 Å². The second-order valence-electron chi connectivity index (χ2n) is 8.11. The van der Waals surface area contributed by atoms with E-state index in [0.717, 1.165) is 44.2 Å². The topological polar surface area (TPSA) is 32.8 Å². The highest BCUT2D eigenvalue weighted by molar-refractivity contribution is 5.45. The largest absolute Gasteiger partial charge is 0.492 e. The quantitative estimate of drug-likeness (QED) is 0.810. The summed E-state index contributed by atoms with van der Waals surface area (Å²) in [7, 11) is 0. The lowest BCUT2D eigenvalue weighted by molar-refractivity contribution is 0.200. The summed E-state index contributed by atoms with van der Waals surface area (Å²) in [4.78, 5) is 16.7. The zero-order valence-corrected chi connectivity index (χ0v) is 16.6. The first-order chi connectivity index (χ1) is 12.9. The summed E-state index contributed by atoms with van der Waals surface area (Å²) < 4.78 is 5.91. The second kappa shape index (κ2) is 8.57. The fourth-order valence-electron chi connectivity index (χ4n) is 3.34. The third-order valence-corrected chi connectivity index (χ3v) is 5.09. The SMILES string of the molecule is CC(C)(C)c1ccc(OCCN2CCN(c3cccccc3=O)CC2)cc1. The monoisotopic (exact) mass is 366 g/mol. The van der Waals surface area contributed by atoms with E-state index in [1.165, 1.54) is 5.56 Å². The Hall–Kier alpha value is -2.33. The van der Waals surface area contributed by atoms with E-state index in [1.807, 2.05) is 18.2 Å². The summed E-state index contributed by atoms with van der Waals surface area (Å²) in [6.45, 7) is 11.9. The molecule has 1 aliphatic rings. The summed E-state index contributed by atoms with van der Waals surface area (Å²) >= 11 is 0. The van der Waals surface area contributed by atoms with Crippen LogP contribution in [0.1, 0.15) is 26.3 Å². The van der Waals surface area contributed by atoms with E-state index in [-0.39, 0.29) is 10.8 Å². The van der Waals surface area contributed by atoms with Gasteiger partial charge >= 0.3 is 0 Å². The van der Waals surface area contributed by atoms with E-state index in [1.54, 1.807) is 12.1 Å². The van der Waals surface area contributed by atoms with Gasteiger partial charge in [0.25, 0.3) is 0 Å². The summed E-state index contributed by atoms with van der Waals surface area (Å²) in [5.41, 5.74) is 2.38. The fraction of sp³-hybridized carbons (Fsp3) is 0.435. The Kier molecular flexibility index (Phi) is 6.17. The van der Waals surface area contributed by atoms with Crippen molar-refractivity contribution < 1.29 is 4.74 Å². The van der Waals surface area contributed by atoms with E-state index in [2.05, 4.69) is 54.8 Å². The lowest BCUT2D eigenvalue weighted by atomic mass is 9.87. The molecule has 0 amide bonds. The van der Waals surface area contributed by atoms with Gasteiger partial charge in [0, 0.05) is 32.7 Å². The molecule has 0 N–H and O–H groups in total. The number of rotatable bonds is 5. The third kappa shape index (κ3) is 5.33. The molecule has 2 aromatic carbocycles. The predicted octanol–water partition coefficient (Wildman–Crippen LogP) is 3.55. The van der Waals surface area contributed by atoms with Gasteiger partial charge in [-0.25, -0.2) is 0 Å². The average molecular weight is 367 g/mol. The van der Waals surface area contributed by atoms with Crippen molar-refractivity contribution >= 4 is 5.69 Å². The maximum Gasteiger partial charge on any atom is 0.201 e. The zero-order chi connectivity index (χ0) is 19.3. The van der Waals surface area contributed by atoms with Crippen LogP contribution in [-0.4, -0.2) is 44.2 Å². The van der Waals surface area contributed by atoms with E-state index in [9.17, 15) is 4.79 Å². The van der Waals surface area contributed by atoms with Crippen LogP contribution in [0.4, 0.5) is 5.69 Å². The molecule has 0 bridgehead atoms. The van der Waals surface area contributed by atoms with Gasteiger partial charge < -0.3 is 9.64 Å². The molecule has 1 fully saturated rings. The molecule has 27 heavy (non-hydrogen) atoms. The van der Waals surface area contributed by atoms with Gasteiger partial charge in [-0.15, -0.1) is 0 Å². The summed E-state index contributed by atoms with van der Waals surface area (Å²) in [5.74, 6) is 0.925. The maximum atomic E-state index is 12.1. The molecule has 1 saturated heterocycles. The Balaban J connectivity index is 1.45. The molecule has 4 nitrogen and oxygen atoms in total. The predicted molar refractivity (Wildman–Crippen MR) is 112 cm³/mol. The van der Waals surface area contributed by atoms with Gasteiger partial charge in [-0.1, -0.05) is 51.1 Å². The van der Waals surface area contributed by atoms with Crippen LogP contribution in [0.5, 0.6) is 5.75 Å². The number of piperazine rings is 1. The van der Waals surface area contributed by atoms with Crippen LogP contribution >= 0.6 is 0 Å². The van der Waals surface area contributed by atoms with Crippen LogP contribution in [0.15, 0.2) is 59.4 Å². The number of nitrogens with zero attached hydrogens (tertiary/aromatic N) is 2. The highest BCUT2D eigenvalue weighted by Gasteiger charge is 2.18. The van der Waals surface area contributed by atoms with Crippen molar-refractivity contribution in [2.24, 2.45) is 0 Å². The number of anilines is 1. The molecular formula is C23H30N2O2. The molecule has 0 saturated carbocycles. The Bertz CT molecular complexity index is 788. The standard InChI is InChI=1S/C23H30N2O2/c1-23(2,3)19-9-11-20(12-10-19)27-18-17-24-13-15-25(16-14-24)21-7-5-4-6-8-22(21)26/h4-12H,13-18H2,1-3H3. The van der Waals surface area contributed by atoms with E-state index < -0.39 is 0 Å². The molecule has 0 radical (unpaired) electrons. The molecule has 0 unspecified atom stereocenters. The normalized spacial score (nSPS) is 15.6. The van der Waals surface area contributed by atoms with Crippen molar-refractivity contribution in [3.63, 3.8) is 0 Å². The smallest absolute Gasteiger partial charge is 0.201 e. The minimum atomic E-state index is 0.0930. The van der Waals surface area contributed by atoms with Crippen molar-refractivity contribution in [1.29, 1.82) is 0 Å². The first kappa shape index (κ1) is 19.4. The molecular weight excluding hydrogens is 336 g/mol. The average Bonchev–Trinajstić information content (AvgIpc) is 2.86. The van der Waals surface area contributed by atoms with Crippen LogP contribution in [-0.2, 0) is 5.41 Å². The van der Waals surface area contributed by atoms with Gasteiger partial charge in [-0.2, -0.15) is 0 Å². The summed E-state index contributed by atoms with van der Waals surface area (Å²) in [6, 6.07) is 17.6. The fourth-order valence-corrected chi connectivity index (χ4v) is 3.34. The molecule has 0 aromatic heterocycles. The molecule has 4 heteroatoms. The van der Waals surface area contributed by atoms with Crippen LogP contribution in [0.3, 0.4) is 0 Å². The highest BCUT2D eigenvalue weighted by Crippen LogP contribution is 2.24. The number of hydrogen-bond donors (Lipinski definition) is 0. The first-order valence-electron chi connectivity index (χ1n) is 9.73. The van der Waals surface area contributed by atoms with Crippen LogP contribution in [0.2, 0.25) is 0 Å². The van der Waals surface area contributed by atoms with Crippen molar-refractivity contribution in [3.8, 4) is 5.75 Å². The Morgan fingerprint density at radius 3 is 2.22 bits per heavy atom. The molecule has 3 rings (SSSR count). The van der Waals surface area contributed by atoms with Gasteiger partial charge in [-0.05, 0) is 35.2 Å². The number of benzene rings is 1. The molecule has 1 heterocycles. The Labute approximate surface area is 162 Å². The van der Waals surface area contributed by atoms with Crippen molar-refractivity contribution in [1.82, 2.24) is 4.90 Å². The molecule has 2 aromatic rings. The van der Waals surface area contributed by atoms with E-state index in [0.29, 0.717) is 6.61 Å². The summed E-state index contributed by atoms with van der Waals surface area (Å²) in [6.07, 6.45) is 0. The minimum Gasteiger partial charge on any atom is -0.492 e. The molecule has 0 atom stereocenters. The van der Waals surface area contributed by atoms with Gasteiger partial charge in [0.2, 0.25) is 5.43 Å². The van der Waals surface area contributed by atoms with Crippen molar-refractivity contribution in [2.45, 2.75) is 26.2 Å². The van der Waals surface area contributed by atoms with Gasteiger partial charge in [-0.3, -0.25) is 9.69 Å². The molecule has 0 spiro atoms. The molecule has 144 valence electrons. The maximum absolute atomic E-state index is 12.1. The molecule has 1 aliphatic heterocycles. The third-order valence-electron chi connectivity index (χ3n) is 5.09. The van der Waals surface area contributed by atoms with Crippen molar-refractivity contribution in [3.05, 3.63) is 70.4 Å². The lowest BCUT2D eigenvalue weighted by Crippen LogP contribution is -2.48. The summed E-state index contributed by atoms with van der Waals surface area (Å²) in [5, 5.41) is 0. The lowest BCUT2D eigenvalue weighted by Gasteiger charge is -2.35. The number of ether oxygens (including phenoxy) is 1. The zero-order valence-electron chi connectivity index (χ0n) is 16.6. The van der Waals surface area contributed by atoms with Crippen molar-refractivity contribution in [2.75, 3.05) is 44.2 Å². The first-order valence-corrected chi connectivity index (χ1v) is 9.73. The van der Waals surface area contributed by atoms with Crippen LogP contribution < -0.4 is 15.1 Å². The van der Waals surface area contributed by atoms with E-state index >= 15 is 0 Å². The molecule has 0 aliphatic carbocycles. The minimum absolute atomic E-state index is 0.0930. The highest BCUT2D eigenvalue weighted by atomic mass is 16.5. The van der Waals surface area contributed by atoms with Gasteiger partial charge in [0.1, 0.15) is 12.4 Å².